The molecule has 0 aliphatic rings. The van der Waals surface area contributed by atoms with Gasteiger partial charge in [-0.05, 0) is 24.1 Å². The predicted molar refractivity (Wildman–Crippen MR) is 70.2 cm³/mol. The topological polar surface area (TPSA) is 54.7 Å². The van der Waals surface area contributed by atoms with Crippen molar-refractivity contribution in [1.82, 2.24) is 9.97 Å². The molecule has 1 aromatic carbocycles. The molecule has 0 aliphatic carbocycles. The highest BCUT2D eigenvalue weighted by Crippen LogP contribution is 2.23. The highest BCUT2D eigenvalue weighted by molar-refractivity contribution is 9.10. The van der Waals surface area contributed by atoms with Crippen LogP contribution < -0.4 is 5.73 Å². The summed E-state index contributed by atoms with van der Waals surface area (Å²) in [6.07, 6.45) is 1.06. The van der Waals surface area contributed by atoms with Crippen LogP contribution in [0.25, 0.3) is 11.0 Å². The molecule has 0 radical (unpaired) electrons. The number of nitrogens with one attached hydrogen (secondary N) is 1. The van der Waals surface area contributed by atoms with E-state index < -0.39 is 0 Å². The third-order valence-corrected chi connectivity index (χ3v) is 3.53. The molecule has 4 heteroatoms. The van der Waals surface area contributed by atoms with Crippen LogP contribution in [0.1, 0.15) is 32.1 Å². The fraction of sp³-hybridized carbons (Fsp3) is 0.417. The molecule has 0 fully saturated rings. The Bertz CT molecular complexity index is 492. The third kappa shape index (κ3) is 2.13. The van der Waals surface area contributed by atoms with Gasteiger partial charge in [0.2, 0.25) is 0 Å². The van der Waals surface area contributed by atoms with Crippen LogP contribution in [-0.4, -0.2) is 9.97 Å². The van der Waals surface area contributed by atoms with Gasteiger partial charge < -0.3 is 10.7 Å². The molecule has 0 amide bonds. The molecule has 2 rings (SSSR count). The molecule has 1 heterocycles. The summed E-state index contributed by atoms with van der Waals surface area (Å²) in [5.74, 6) is 1.31. The van der Waals surface area contributed by atoms with Crippen LogP contribution in [0, 0.1) is 5.92 Å². The first-order chi connectivity index (χ1) is 7.61. The number of hydrogen-bond donors (Lipinski definition) is 2. The van der Waals surface area contributed by atoms with Crippen molar-refractivity contribution in [1.29, 1.82) is 0 Å². The van der Waals surface area contributed by atoms with Gasteiger partial charge in [0.15, 0.2) is 0 Å². The third-order valence-electron chi connectivity index (χ3n) is 3.03. The second-order valence-electron chi connectivity index (χ2n) is 4.19. The molecule has 16 heavy (non-hydrogen) atoms. The van der Waals surface area contributed by atoms with E-state index in [4.69, 9.17) is 5.73 Å². The minimum absolute atomic E-state index is 0.0174. The van der Waals surface area contributed by atoms with E-state index in [9.17, 15) is 0 Å². The Kier molecular flexibility index (Phi) is 3.30. The maximum absolute atomic E-state index is 6.15. The lowest BCUT2D eigenvalue weighted by molar-refractivity contribution is 0.442. The molecule has 0 aliphatic heterocycles. The number of aromatic nitrogens is 2. The minimum atomic E-state index is -0.0174. The van der Waals surface area contributed by atoms with Gasteiger partial charge in [-0.3, -0.25) is 0 Å². The van der Waals surface area contributed by atoms with Gasteiger partial charge in [-0.25, -0.2) is 4.98 Å². The second-order valence-corrected chi connectivity index (χ2v) is 5.11. The Hall–Kier alpha value is -0.870. The zero-order valence-electron chi connectivity index (χ0n) is 9.50. The van der Waals surface area contributed by atoms with Crippen LogP contribution in [0.5, 0.6) is 0 Å². The number of hydrogen-bond acceptors (Lipinski definition) is 2. The fourth-order valence-corrected chi connectivity index (χ4v) is 2.04. The quantitative estimate of drug-likeness (QED) is 0.906. The van der Waals surface area contributed by atoms with E-state index in [1.54, 1.807) is 0 Å². The summed E-state index contributed by atoms with van der Waals surface area (Å²) in [5.41, 5.74) is 8.15. The van der Waals surface area contributed by atoms with Crippen LogP contribution in [-0.2, 0) is 0 Å². The first kappa shape index (κ1) is 11.6. The number of halogens is 1. The molecular weight excluding hydrogens is 266 g/mol. The largest absolute Gasteiger partial charge is 0.341 e. The van der Waals surface area contributed by atoms with E-state index in [-0.39, 0.29) is 6.04 Å². The van der Waals surface area contributed by atoms with E-state index in [1.165, 1.54) is 0 Å². The first-order valence-electron chi connectivity index (χ1n) is 5.52. The normalized spacial score (nSPS) is 15.2. The van der Waals surface area contributed by atoms with Gasteiger partial charge in [0.25, 0.3) is 0 Å². The monoisotopic (exact) mass is 281 g/mol. The minimum Gasteiger partial charge on any atom is -0.341 e. The van der Waals surface area contributed by atoms with Crippen LogP contribution in [0.3, 0.4) is 0 Å². The maximum atomic E-state index is 6.15. The molecular formula is C12H16BrN3. The summed E-state index contributed by atoms with van der Waals surface area (Å²) in [7, 11) is 0. The second kappa shape index (κ2) is 4.55. The van der Waals surface area contributed by atoms with Crippen molar-refractivity contribution < 1.29 is 0 Å². The van der Waals surface area contributed by atoms with Crippen molar-refractivity contribution in [2.45, 2.75) is 26.3 Å². The fourth-order valence-electron chi connectivity index (χ4n) is 1.68. The van der Waals surface area contributed by atoms with Crippen molar-refractivity contribution in [2.75, 3.05) is 0 Å². The van der Waals surface area contributed by atoms with E-state index in [0.717, 1.165) is 27.8 Å². The molecule has 1 aromatic heterocycles. The molecule has 0 spiro atoms. The van der Waals surface area contributed by atoms with E-state index in [2.05, 4.69) is 39.7 Å². The number of fused-ring (bicyclic) bond motifs is 1. The van der Waals surface area contributed by atoms with E-state index in [1.807, 2.05) is 18.2 Å². The molecule has 3 nitrogen and oxygen atoms in total. The predicted octanol–water partition coefficient (Wildman–Crippen LogP) is 3.37. The van der Waals surface area contributed by atoms with Crippen LogP contribution >= 0.6 is 15.9 Å². The SMILES string of the molecule is CC[C@@H](C)[C@H](N)c1nc2ccc(Br)cc2[nH]1. The first-order valence-corrected chi connectivity index (χ1v) is 6.32. The van der Waals surface area contributed by atoms with Crippen molar-refractivity contribution in [3.63, 3.8) is 0 Å². The Balaban J connectivity index is 2.39. The van der Waals surface area contributed by atoms with Crippen LogP contribution in [0.15, 0.2) is 22.7 Å². The molecule has 0 unspecified atom stereocenters. The lowest BCUT2D eigenvalue weighted by atomic mass is 10.00. The Labute approximate surface area is 104 Å². The number of nitrogens with zero attached hydrogens (tertiary/aromatic N) is 1. The summed E-state index contributed by atoms with van der Waals surface area (Å²) in [6.45, 7) is 4.29. The summed E-state index contributed by atoms with van der Waals surface area (Å²) in [4.78, 5) is 7.81. The van der Waals surface area contributed by atoms with E-state index >= 15 is 0 Å². The standard InChI is InChI=1S/C12H16BrN3/c1-3-7(2)11(14)12-15-9-5-4-8(13)6-10(9)16-12/h4-7,11H,3,14H2,1-2H3,(H,15,16)/t7-,11+/m1/s1. The number of imidazole rings is 1. The number of benzene rings is 1. The van der Waals surface area contributed by atoms with Gasteiger partial charge in [-0.1, -0.05) is 36.2 Å². The van der Waals surface area contributed by atoms with Gasteiger partial charge in [-0.2, -0.15) is 0 Å². The van der Waals surface area contributed by atoms with Gasteiger partial charge in [0.05, 0.1) is 17.1 Å². The highest BCUT2D eigenvalue weighted by Gasteiger charge is 2.16. The lowest BCUT2D eigenvalue weighted by Gasteiger charge is -2.15. The Morgan fingerprint density at radius 3 is 2.94 bits per heavy atom. The zero-order chi connectivity index (χ0) is 11.7. The lowest BCUT2D eigenvalue weighted by Crippen LogP contribution is -2.19. The van der Waals surface area contributed by atoms with Crippen LogP contribution in [0.4, 0.5) is 0 Å². The molecule has 2 atom stereocenters. The maximum Gasteiger partial charge on any atom is 0.124 e. The summed E-state index contributed by atoms with van der Waals surface area (Å²) < 4.78 is 1.05. The molecule has 86 valence electrons. The van der Waals surface area contributed by atoms with Crippen molar-refractivity contribution in [3.05, 3.63) is 28.5 Å². The average molecular weight is 282 g/mol. The highest BCUT2D eigenvalue weighted by atomic mass is 79.9. The van der Waals surface area contributed by atoms with Gasteiger partial charge in [0.1, 0.15) is 5.82 Å². The number of H-pyrrole nitrogens is 1. The Morgan fingerprint density at radius 1 is 1.50 bits per heavy atom. The zero-order valence-corrected chi connectivity index (χ0v) is 11.1. The number of nitrogens with two attached hydrogens (primary N) is 1. The van der Waals surface area contributed by atoms with Gasteiger partial charge in [-0.15, -0.1) is 0 Å². The van der Waals surface area contributed by atoms with Crippen molar-refractivity contribution in [2.24, 2.45) is 11.7 Å². The Morgan fingerprint density at radius 2 is 2.25 bits per heavy atom. The van der Waals surface area contributed by atoms with Crippen LogP contribution in [0.2, 0.25) is 0 Å². The average Bonchev–Trinajstić information content (AvgIpc) is 2.69. The molecule has 0 saturated carbocycles. The molecule has 2 aromatic rings. The summed E-state index contributed by atoms with van der Waals surface area (Å²) >= 11 is 3.44. The molecule has 0 saturated heterocycles. The molecule has 3 N–H and O–H groups in total. The van der Waals surface area contributed by atoms with Gasteiger partial charge >= 0.3 is 0 Å². The summed E-state index contributed by atoms with van der Waals surface area (Å²) in [6, 6.07) is 5.98. The molecule has 0 bridgehead atoms. The number of rotatable bonds is 3. The number of aromatic amines is 1. The van der Waals surface area contributed by atoms with Crippen molar-refractivity contribution >= 4 is 27.0 Å². The van der Waals surface area contributed by atoms with Crippen molar-refractivity contribution in [3.8, 4) is 0 Å². The van der Waals surface area contributed by atoms with Gasteiger partial charge in [0, 0.05) is 4.47 Å². The smallest absolute Gasteiger partial charge is 0.124 e. The summed E-state index contributed by atoms with van der Waals surface area (Å²) in [5, 5.41) is 0. The van der Waals surface area contributed by atoms with E-state index in [0.29, 0.717) is 5.92 Å².